The first kappa shape index (κ1) is 14.1. The van der Waals surface area contributed by atoms with E-state index in [0.717, 1.165) is 29.8 Å². The fourth-order valence-corrected chi connectivity index (χ4v) is 3.18. The third kappa shape index (κ3) is 2.00. The number of nitrogens with one attached hydrogen (secondary N) is 2. The average Bonchev–Trinajstić information content (AvgIpc) is 2.82. The van der Waals surface area contributed by atoms with Crippen LogP contribution in [0.25, 0.3) is 0 Å². The lowest BCUT2D eigenvalue weighted by Crippen LogP contribution is -2.59. The standard InChI is InChI=1S/C18H19N3O2/c1-2-3-12-21-15-10-6-4-8-13(15)18(17(21)22)20-19-14-9-5-7-11-16(14)23-18/h4-11,19-20H,2-3,12H2,1H3/t18-/m1/s1. The van der Waals surface area contributed by atoms with Crippen LogP contribution in [0.2, 0.25) is 0 Å². The molecule has 0 bridgehead atoms. The van der Waals surface area contributed by atoms with Gasteiger partial charge in [0.25, 0.3) is 11.6 Å². The van der Waals surface area contributed by atoms with Gasteiger partial charge in [0.15, 0.2) is 0 Å². The van der Waals surface area contributed by atoms with Crippen LogP contribution in [0, 0.1) is 0 Å². The van der Waals surface area contributed by atoms with Crippen LogP contribution in [0.3, 0.4) is 0 Å². The van der Waals surface area contributed by atoms with Gasteiger partial charge in [-0.3, -0.25) is 4.79 Å². The highest BCUT2D eigenvalue weighted by atomic mass is 16.5. The van der Waals surface area contributed by atoms with Gasteiger partial charge in [-0.1, -0.05) is 43.7 Å². The molecule has 2 aromatic carbocycles. The molecule has 1 atom stereocenters. The zero-order chi connectivity index (χ0) is 15.9. The second kappa shape index (κ2) is 5.28. The van der Waals surface area contributed by atoms with Crippen LogP contribution in [-0.2, 0) is 10.5 Å². The number of nitrogens with zero attached hydrogens (tertiary/aromatic N) is 1. The van der Waals surface area contributed by atoms with Gasteiger partial charge in [-0.05, 0) is 24.6 Å². The van der Waals surface area contributed by atoms with Gasteiger partial charge in [0.05, 0.1) is 11.4 Å². The summed E-state index contributed by atoms with van der Waals surface area (Å²) in [5.41, 5.74) is 7.62. The molecule has 4 rings (SSSR count). The molecule has 118 valence electrons. The van der Waals surface area contributed by atoms with Crippen molar-refractivity contribution in [1.82, 2.24) is 5.43 Å². The van der Waals surface area contributed by atoms with Gasteiger partial charge in [0.2, 0.25) is 0 Å². The minimum Gasteiger partial charge on any atom is -0.455 e. The molecule has 5 heteroatoms. The fourth-order valence-electron chi connectivity index (χ4n) is 3.18. The molecule has 0 aromatic heterocycles. The van der Waals surface area contributed by atoms with E-state index < -0.39 is 5.72 Å². The van der Waals surface area contributed by atoms with E-state index in [1.165, 1.54) is 0 Å². The van der Waals surface area contributed by atoms with E-state index in [9.17, 15) is 4.79 Å². The number of carbonyl (C=O) groups excluding carboxylic acids is 1. The Balaban J connectivity index is 1.79. The molecule has 2 aliphatic rings. The van der Waals surface area contributed by atoms with Crippen LogP contribution in [-0.4, -0.2) is 12.5 Å². The Kier molecular flexibility index (Phi) is 3.23. The van der Waals surface area contributed by atoms with Crippen molar-refractivity contribution in [2.75, 3.05) is 16.9 Å². The van der Waals surface area contributed by atoms with Gasteiger partial charge >= 0.3 is 0 Å². The number of ether oxygens (including phenoxy) is 1. The first-order valence-electron chi connectivity index (χ1n) is 7.99. The van der Waals surface area contributed by atoms with Crippen molar-refractivity contribution in [3.63, 3.8) is 0 Å². The van der Waals surface area contributed by atoms with Crippen molar-refractivity contribution in [3.8, 4) is 5.75 Å². The predicted molar refractivity (Wildman–Crippen MR) is 89.2 cm³/mol. The summed E-state index contributed by atoms with van der Waals surface area (Å²) >= 11 is 0. The maximum atomic E-state index is 13.2. The minimum absolute atomic E-state index is 0.0749. The molecular formula is C18H19N3O2. The largest absolute Gasteiger partial charge is 0.455 e. The summed E-state index contributed by atoms with van der Waals surface area (Å²) in [5.74, 6) is 0.598. The molecule has 0 radical (unpaired) electrons. The maximum Gasteiger partial charge on any atom is 0.293 e. The molecule has 5 nitrogen and oxygen atoms in total. The van der Waals surface area contributed by atoms with Gasteiger partial charge in [-0.2, -0.15) is 5.43 Å². The van der Waals surface area contributed by atoms with Gasteiger partial charge in [-0.15, -0.1) is 0 Å². The highest BCUT2D eigenvalue weighted by Crippen LogP contribution is 2.44. The van der Waals surface area contributed by atoms with Gasteiger partial charge in [0.1, 0.15) is 5.75 Å². The molecule has 0 saturated carbocycles. The number of para-hydroxylation sites is 3. The number of carbonyl (C=O) groups is 1. The molecular weight excluding hydrogens is 290 g/mol. The van der Waals surface area contributed by atoms with Crippen molar-refractivity contribution in [2.45, 2.75) is 25.5 Å². The van der Waals surface area contributed by atoms with E-state index in [1.807, 2.05) is 53.4 Å². The Labute approximate surface area is 135 Å². The second-order valence-electron chi connectivity index (χ2n) is 5.86. The number of anilines is 2. The summed E-state index contributed by atoms with van der Waals surface area (Å²) in [7, 11) is 0. The van der Waals surface area contributed by atoms with Crippen molar-refractivity contribution in [1.29, 1.82) is 0 Å². The Morgan fingerprint density at radius 2 is 1.91 bits per heavy atom. The normalized spacial score (nSPS) is 21.6. The molecule has 2 aliphatic heterocycles. The maximum absolute atomic E-state index is 13.2. The summed E-state index contributed by atoms with van der Waals surface area (Å²) in [6.45, 7) is 2.82. The van der Waals surface area contributed by atoms with Gasteiger partial charge in [0, 0.05) is 12.1 Å². The lowest BCUT2D eigenvalue weighted by atomic mass is 10.0. The Morgan fingerprint density at radius 3 is 2.78 bits per heavy atom. The number of benzene rings is 2. The van der Waals surface area contributed by atoms with Crippen molar-refractivity contribution in [3.05, 3.63) is 54.1 Å². The summed E-state index contributed by atoms with van der Waals surface area (Å²) in [6, 6.07) is 15.4. The lowest BCUT2D eigenvalue weighted by Gasteiger charge is -2.36. The molecule has 0 fully saturated rings. The fraction of sp³-hybridized carbons (Fsp3) is 0.278. The number of hydrogen-bond donors (Lipinski definition) is 2. The molecule has 2 aromatic rings. The Hall–Kier alpha value is -2.53. The molecule has 1 amide bonds. The molecule has 1 spiro atoms. The van der Waals surface area contributed by atoms with E-state index in [-0.39, 0.29) is 5.91 Å². The molecule has 0 unspecified atom stereocenters. The smallest absolute Gasteiger partial charge is 0.293 e. The van der Waals surface area contributed by atoms with Crippen LogP contribution in [0.5, 0.6) is 5.75 Å². The van der Waals surface area contributed by atoms with Crippen LogP contribution in [0.15, 0.2) is 48.5 Å². The number of hydrogen-bond acceptors (Lipinski definition) is 4. The predicted octanol–water partition coefficient (Wildman–Crippen LogP) is 3.00. The monoisotopic (exact) mass is 309 g/mol. The van der Waals surface area contributed by atoms with Crippen molar-refractivity contribution < 1.29 is 9.53 Å². The van der Waals surface area contributed by atoms with E-state index in [2.05, 4.69) is 17.8 Å². The third-order valence-electron chi connectivity index (χ3n) is 4.38. The summed E-state index contributed by atoms with van der Waals surface area (Å²) in [6.07, 6.45) is 1.99. The lowest BCUT2D eigenvalue weighted by molar-refractivity contribution is -0.136. The van der Waals surface area contributed by atoms with Crippen molar-refractivity contribution >= 4 is 17.3 Å². The summed E-state index contributed by atoms with van der Waals surface area (Å²) in [4.78, 5) is 15.0. The van der Waals surface area contributed by atoms with Crippen LogP contribution in [0.4, 0.5) is 11.4 Å². The first-order valence-corrected chi connectivity index (χ1v) is 7.99. The molecule has 2 heterocycles. The van der Waals surface area contributed by atoms with Crippen molar-refractivity contribution in [2.24, 2.45) is 0 Å². The van der Waals surface area contributed by atoms with Crippen LogP contribution in [0.1, 0.15) is 25.3 Å². The van der Waals surface area contributed by atoms with Crippen LogP contribution < -0.4 is 20.5 Å². The average molecular weight is 309 g/mol. The highest BCUT2D eigenvalue weighted by molar-refractivity contribution is 6.07. The highest BCUT2D eigenvalue weighted by Gasteiger charge is 2.55. The topological polar surface area (TPSA) is 53.6 Å². The summed E-state index contributed by atoms with van der Waals surface area (Å²) in [5, 5.41) is 0. The Bertz CT molecular complexity index is 761. The summed E-state index contributed by atoms with van der Waals surface area (Å²) < 4.78 is 6.16. The zero-order valence-corrected chi connectivity index (χ0v) is 13.0. The van der Waals surface area contributed by atoms with E-state index in [4.69, 9.17) is 4.74 Å². The SMILES string of the molecule is CCCCN1C(=O)[C@@]2(NNc3ccccc3O2)c2ccccc21. The number of amides is 1. The second-order valence-corrected chi connectivity index (χ2v) is 5.86. The van der Waals surface area contributed by atoms with E-state index >= 15 is 0 Å². The molecule has 0 saturated heterocycles. The number of hydrazine groups is 1. The van der Waals surface area contributed by atoms with E-state index in [1.54, 1.807) is 0 Å². The number of fused-ring (bicyclic) bond motifs is 3. The number of unbranched alkanes of at least 4 members (excludes halogenated alkanes) is 1. The molecule has 2 N–H and O–H groups in total. The van der Waals surface area contributed by atoms with Crippen LogP contribution >= 0.6 is 0 Å². The number of rotatable bonds is 3. The third-order valence-corrected chi connectivity index (χ3v) is 4.38. The van der Waals surface area contributed by atoms with E-state index in [0.29, 0.717) is 12.3 Å². The quantitative estimate of drug-likeness (QED) is 0.915. The van der Waals surface area contributed by atoms with Gasteiger partial charge < -0.3 is 15.1 Å². The minimum atomic E-state index is -1.20. The molecule has 23 heavy (non-hydrogen) atoms. The Morgan fingerprint density at radius 1 is 1.13 bits per heavy atom. The van der Waals surface area contributed by atoms with Gasteiger partial charge in [-0.25, -0.2) is 0 Å². The molecule has 0 aliphatic carbocycles. The zero-order valence-electron chi connectivity index (χ0n) is 13.0. The first-order chi connectivity index (χ1) is 11.3.